The number of esters is 1. The van der Waals surface area contributed by atoms with Crippen molar-refractivity contribution in [1.82, 2.24) is 19.7 Å². The maximum absolute atomic E-state index is 13.0. The van der Waals surface area contributed by atoms with Crippen molar-refractivity contribution in [1.29, 1.82) is 0 Å². The highest BCUT2D eigenvalue weighted by Gasteiger charge is 2.34. The fraction of sp³-hybridized carbons (Fsp3) is 0.303. The number of hydrogen-bond acceptors (Lipinski definition) is 8. The topological polar surface area (TPSA) is 116 Å². The minimum Gasteiger partial charge on any atom is -0.481 e. The fourth-order valence-corrected chi connectivity index (χ4v) is 5.69. The Bertz CT molecular complexity index is 1800. The first-order valence-electron chi connectivity index (χ1n) is 14.3. The standard InChI is InChI=1S/C33H34ClN5O5/c1-6-44-33(42)21-16-39(17-21)18-26-19(2)15-28(37-31(26)43-5)24-11-7-10-23(29(24)34)22-9-8-12-27(20(22)3)36-30(40)25-13-14-35-38(4)32(25)41/h7-15,21H,6,16-18H2,1-5H3,(H,36,40). The van der Waals surface area contributed by atoms with Gasteiger partial charge in [0.05, 0.1) is 30.4 Å². The molecule has 1 N–H and O–H groups in total. The number of methoxy groups -OCH3 is 1. The molecule has 0 radical (unpaired) electrons. The molecule has 0 atom stereocenters. The number of carbonyl (C=O) groups excluding carboxylic acids is 2. The van der Waals surface area contributed by atoms with Crippen molar-refractivity contribution >= 4 is 29.2 Å². The van der Waals surface area contributed by atoms with Crippen molar-refractivity contribution in [2.24, 2.45) is 13.0 Å². The summed E-state index contributed by atoms with van der Waals surface area (Å²) in [7, 11) is 3.09. The van der Waals surface area contributed by atoms with Crippen LogP contribution >= 0.6 is 11.6 Å². The Hall–Kier alpha value is -4.54. The maximum atomic E-state index is 13.0. The van der Waals surface area contributed by atoms with Crippen LogP contribution in [0.25, 0.3) is 22.4 Å². The third-order valence-corrected chi connectivity index (χ3v) is 8.27. The lowest BCUT2D eigenvalue weighted by molar-refractivity contribution is -0.154. The second kappa shape index (κ2) is 13.0. The molecule has 3 heterocycles. The monoisotopic (exact) mass is 615 g/mol. The molecular weight excluding hydrogens is 582 g/mol. The molecular formula is C33H34ClN5O5. The number of pyridine rings is 1. The van der Waals surface area contributed by atoms with Gasteiger partial charge in [0.15, 0.2) is 0 Å². The van der Waals surface area contributed by atoms with Crippen LogP contribution in [0.4, 0.5) is 5.69 Å². The Morgan fingerprint density at radius 2 is 1.77 bits per heavy atom. The van der Waals surface area contributed by atoms with Crippen molar-refractivity contribution in [3.8, 4) is 28.3 Å². The second-order valence-electron chi connectivity index (χ2n) is 10.7. The number of amides is 1. The number of nitrogens with one attached hydrogen (secondary N) is 1. The van der Waals surface area contributed by atoms with E-state index in [1.165, 1.54) is 19.3 Å². The summed E-state index contributed by atoms with van der Waals surface area (Å²) in [6.45, 7) is 7.97. The van der Waals surface area contributed by atoms with Crippen LogP contribution in [-0.2, 0) is 23.1 Å². The molecule has 1 aliphatic rings. The summed E-state index contributed by atoms with van der Waals surface area (Å²) in [6.07, 6.45) is 1.41. The van der Waals surface area contributed by atoms with E-state index in [0.29, 0.717) is 48.5 Å². The number of aromatic nitrogens is 3. The van der Waals surface area contributed by atoms with E-state index in [2.05, 4.69) is 15.3 Å². The zero-order valence-electron chi connectivity index (χ0n) is 25.3. The number of carbonyl (C=O) groups is 2. The van der Waals surface area contributed by atoms with Gasteiger partial charge < -0.3 is 14.8 Å². The number of benzene rings is 2. The van der Waals surface area contributed by atoms with E-state index in [1.54, 1.807) is 13.2 Å². The van der Waals surface area contributed by atoms with Gasteiger partial charge in [0, 0.05) is 55.3 Å². The number of anilines is 1. The molecule has 5 rings (SSSR count). The SMILES string of the molecule is CCOC(=O)C1CN(Cc2c(C)cc(-c3cccc(-c4cccc(NC(=O)c5ccnn(C)c5=O)c4C)c3Cl)nc2OC)C1. The van der Waals surface area contributed by atoms with Gasteiger partial charge in [0.25, 0.3) is 11.5 Å². The number of likely N-dealkylation sites (tertiary alicyclic amines) is 1. The lowest BCUT2D eigenvalue weighted by Gasteiger charge is -2.37. The predicted molar refractivity (Wildman–Crippen MR) is 169 cm³/mol. The van der Waals surface area contributed by atoms with E-state index in [4.69, 9.17) is 26.1 Å². The molecule has 0 saturated carbocycles. The maximum Gasteiger partial charge on any atom is 0.311 e. The number of rotatable bonds is 9. The molecule has 44 heavy (non-hydrogen) atoms. The van der Waals surface area contributed by atoms with E-state index in [0.717, 1.165) is 38.1 Å². The van der Waals surface area contributed by atoms with Gasteiger partial charge in [0.2, 0.25) is 5.88 Å². The smallest absolute Gasteiger partial charge is 0.311 e. The molecule has 2 aromatic heterocycles. The Balaban J connectivity index is 1.42. The number of aryl methyl sites for hydroxylation is 2. The van der Waals surface area contributed by atoms with Crippen molar-refractivity contribution in [2.75, 3.05) is 32.1 Å². The molecule has 1 aliphatic heterocycles. The Morgan fingerprint density at radius 3 is 2.50 bits per heavy atom. The quantitative estimate of drug-likeness (QED) is 0.261. The van der Waals surface area contributed by atoms with Crippen LogP contribution in [-0.4, -0.2) is 58.3 Å². The van der Waals surface area contributed by atoms with Crippen LogP contribution < -0.4 is 15.6 Å². The van der Waals surface area contributed by atoms with Gasteiger partial charge in [-0.1, -0.05) is 41.9 Å². The van der Waals surface area contributed by atoms with E-state index in [9.17, 15) is 14.4 Å². The van der Waals surface area contributed by atoms with Crippen LogP contribution in [0.15, 0.2) is 59.5 Å². The van der Waals surface area contributed by atoms with Gasteiger partial charge in [-0.3, -0.25) is 19.3 Å². The van der Waals surface area contributed by atoms with Crippen LogP contribution in [0.1, 0.15) is 34.0 Å². The van der Waals surface area contributed by atoms with E-state index >= 15 is 0 Å². The van der Waals surface area contributed by atoms with Crippen molar-refractivity contribution < 1.29 is 19.1 Å². The third-order valence-electron chi connectivity index (χ3n) is 7.86. The van der Waals surface area contributed by atoms with Gasteiger partial charge in [-0.15, -0.1) is 0 Å². The van der Waals surface area contributed by atoms with Gasteiger partial charge in [-0.25, -0.2) is 9.67 Å². The number of ether oxygens (including phenoxy) is 2. The largest absolute Gasteiger partial charge is 0.481 e. The molecule has 1 amide bonds. The first kappa shape index (κ1) is 30.9. The van der Waals surface area contributed by atoms with Crippen molar-refractivity contribution in [2.45, 2.75) is 27.3 Å². The average molecular weight is 616 g/mol. The minimum atomic E-state index is -0.519. The molecule has 0 spiro atoms. The molecule has 1 fully saturated rings. The zero-order valence-corrected chi connectivity index (χ0v) is 26.1. The molecule has 11 heteroatoms. The van der Waals surface area contributed by atoms with Crippen molar-refractivity contribution in [3.05, 3.63) is 92.4 Å². The van der Waals surface area contributed by atoms with Gasteiger partial charge in [-0.2, -0.15) is 5.10 Å². The summed E-state index contributed by atoms with van der Waals surface area (Å²) in [5.74, 6) is -0.273. The van der Waals surface area contributed by atoms with Crippen LogP contribution in [0.3, 0.4) is 0 Å². The average Bonchev–Trinajstić information content (AvgIpc) is 2.98. The predicted octanol–water partition coefficient (Wildman–Crippen LogP) is 5.04. The minimum absolute atomic E-state index is 0.000837. The number of hydrogen-bond donors (Lipinski definition) is 1. The molecule has 4 aromatic rings. The first-order valence-corrected chi connectivity index (χ1v) is 14.7. The highest BCUT2D eigenvalue weighted by molar-refractivity contribution is 6.36. The summed E-state index contributed by atoms with van der Waals surface area (Å²) in [4.78, 5) is 44.4. The summed E-state index contributed by atoms with van der Waals surface area (Å²) in [5.41, 5.74) is 5.81. The lowest BCUT2D eigenvalue weighted by Crippen LogP contribution is -2.50. The first-order chi connectivity index (χ1) is 21.1. The second-order valence-corrected chi connectivity index (χ2v) is 11.1. The zero-order chi connectivity index (χ0) is 31.5. The summed E-state index contributed by atoms with van der Waals surface area (Å²) < 4.78 is 12.0. The summed E-state index contributed by atoms with van der Waals surface area (Å²) in [6, 6.07) is 14.7. The van der Waals surface area contributed by atoms with Gasteiger partial charge in [0.1, 0.15) is 5.56 Å². The Morgan fingerprint density at radius 1 is 1.07 bits per heavy atom. The van der Waals surface area contributed by atoms with Gasteiger partial charge >= 0.3 is 5.97 Å². The van der Waals surface area contributed by atoms with Gasteiger partial charge in [-0.05, 0) is 55.7 Å². The summed E-state index contributed by atoms with van der Waals surface area (Å²) in [5, 5.41) is 7.24. The third kappa shape index (κ3) is 6.09. The fourth-order valence-electron chi connectivity index (χ4n) is 5.37. The Kier molecular flexibility index (Phi) is 9.12. The van der Waals surface area contributed by atoms with E-state index in [-0.39, 0.29) is 17.5 Å². The Labute approximate surface area is 260 Å². The van der Waals surface area contributed by atoms with Crippen molar-refractivity contribution in [3.63, 3.8) is 0 Å². The number of nitrogens with zero attached hydrogens (tertiary/aromatic N) is 4. The van der Waals surface area contributed by atoms with Crippen LogP contribution in [0, 0.1) is 19.8 Å². The molecule has 10 nitrogen and oxygen atoms in total. The molecule has 0 unspecified atom stereocenters. The highest BCUT2D eigenvalue weighted by atomic mass is 35.5. The number of halogens is 1. The lowest BCUT2D eigenvalue weighted by atomic mass is 9.95. The highest BCUT2D eigenvalue weighted by Crippen LogP contribution is 2.40. The molecule has 0 bridgehead atoms. The molecule has 1 saturated heterocycles. The van der Waals surface area contributed by atoms with E-state index < -0.39 is 11.5 Å². The van der Waals surface area contributed by atoms with Crippen LogP contribution in [0.5, 0.6) is 5.88 Å². The molecule has 0 aliphatic carbocycles. The van der Waals surface area contributed by atoms with E-state index in [1.807, 2.05) is 57.2 Å². The molecule has 2 aromatic carbocycles. The normalized spacial score (nSPS) is 13.3. The van der Waals surface area contributed by atoms with Crippen LogP contribution in [0.2, 0.25) is 5.02 Å². The summed E-state index contributed by atoms with van der Waals surface area (Å²) >= 11 is 7.05. The molecule has 228 valence electrons.